The highest BCUT2D eigenvalue weighted by Crippen LogP contribution is 2.36. The van der Waals surface area contributed by atoms with Gasteiger partial charge in [0.15, 0.2) is 5.82 Å². The number of phenolic OH excluding ortho intramolecular Hbond substituents is 1. The number of aromatic amines is 1. The van der Waals surface area contributed by atoms with Crippen LogP contribution in [0.3, 0.4) is 0 Å². The van der Waals surface area contributed by atoms with E-state index in [1.54, 1.807) is 6.07 Å². The number of hydrogen-bond donors (Lipinski definition) is 4. The lowest BCUT2D eigenvalue weighted by atomic mass is 9.93. The number of morpholine rings is 1. The van der Waals surface area contributed by atoms with Gasteiger partial charge in [0.1, 0.15) is 5.75 Å². The van der Waals surface area contributed by atoms with Crippen molar-refractivity contribution in [2.24, 2.45) is 11.7 Å². The standard InChI is InChI=1S/C22H28N6O3/c1-13(2)20(24)16-11-17(19(29)12-18(16)23)21-25-26-22(30)28(21)15-5-3-14(4-6-15)27-7-9-31-10-8-27/h3-6,11-13,20,29H,7-10,23-24H2,1-2H3,(H,26,30). The van der Waals surface area contributed by atoms with Gasteiger partial charge in [-0.2, -0.15) is 5.10 Å². The zero-order chi connectivity index (χ0) is 22.1. The second-order valence-electron chi connectivity index (χ2n) is 8.07. The van der Waals surface area contributed by atoms with E-state index >= 15 is 0 Å². The number of aromatic hydroxyl groups is 1. The van der Waals surface area contributed by atoms with Crippen LogP contribution in [0.5, 0.6) is 5.75 Å². The van der Waals surface area contributed by atoms with Gasteiger partial charge in [0.2, 0.25) is 0 Å². The van der Waals surface area contributed by atoms with Crippen molar-refractivity contribution in [2.75, 3.05) is 36.9 Å². The zero-order valence-corrected chi connectivity index (χ0v) is 17.7. The molecule has 0 amide bonds. The molecule has 0 bridgehead atoms. The van der Waals surface area contributed by atoms with Gasteiger partial charge in [0.25, 0.3) is 0 Å². The topological polar surface area (TPSA) is 135 Å². The van der Waals surface area contributed by atoms with E-state index < -0.39 is 5.69 Å². The summed E-state index contributed by atoms with van der Waals surface area (Å²) in [5, 5.41) is 17.2. The van der Waals surface area contributed by atoms with E-state index in [1.165, 1.54) is 10.6 Å². The van der Waals surface area contributed by atoms with Gasteiger partial charge >= 0.3 is 5.69 Å². The van der Waals surface area contributed by atoms with Crippen LogP contribution in [0.2, 0.25) is 0 Å². The molecule has 1 saturated heterocycles. The van der Waals surface area contributed by atoms with Crippen molar-refractivity contribution in [1.82, 2.24) is 14.8 Å². The third-order valence-corrected chi connectivity index (χ3v) is 5.68. The number of aromatic nitrogens is 3. The fourth-order valence-corrected chi connectivity index (χ4v) is 3.80. The number of benzene rings is 2. The molecule has 1 fully saturated rings. The Hall–Kier alpha value is -3.30. The fourth-order valence-electron chi connectivity index (χ4n) is 3.80. The molecule has 1 unspecified atom stereocenters. The maximum absolute atomic E-state index is 12.6. The van der Waals surface area contributed by atoms with Crippen molar-refractivity contribution in [3.05, 3.63) is 52.4 Å². The maximum atomic E-state index is 12.6. The number of H-pyrrole nitrogens is 1. The minimum atomic E-state index is -0.403. The highest BCUT2D eigenvalue weighted by Gasteiger charge is 2.21. The first-order chi connectivity index (χ1) is 14.9. The van der Waals surface area contributed by atoms with E-state index in [0.717, 1.165) is 18.8 Å². The van der Waals surface area contributed by atoms with Gasteiger partial charge in [-0.3, -0.25) is 0 Å². The summed E-state index contributed by atoms with van der Waals surface area (Å²) in [6.45, 7) is 7.05. The summed E-state index contributed by atoms with van der Waals surface area (Å²) in [5.74, 6) is 0.370. The number of rotatable bonds is 5. The quantitative estimate of drug-likeness (QED) is 0.460. The first-order valence-corrected chi connectivity index (χ1v) is 10.4. The molecule has 31 heavy (non-hydrogen) atoms. The average molecular weight is 425 g/mol. The average Bonchev–Trinajstić information content (AvgIpc) is 3.15. The molecular weight excluding hydrogens is 396 g/mol. The maximum Gasteiger partial charge on any atom is 0.348 e. The van der Waals surface area contributed by atoms with E-state index in [-0.39, 0.29) is 17.7 Å². The molecular formula is C22H28N6O3. The van der Waals surface area contributed by atoms with Crippen LogP contribution in [-0.2, 0) is 4.74 Å². The third kappa shape index (κ3) is 4.01. The smallest absolute Gasteiger partial charge is 0.348 e. The molecule has 9 nitrogen and oxygen atoms in total. The van der Waals surface area contributed by atoms with Crippen LogP contribution in [0.4, 0.5) is 11.4 Å². The number of nitrogens with one attached hydrogen (secondary N) is 1. The van der Waals surface area contributed by atoms with Crippen molar-refractivity contribution in [2.45, 2.75) is 19.9 Å². The summed E-state index contributed by atoms with van der Waals surface area (Å²) in [5.41, 5.74) is 15.2. The van der Waals surface area contributed by atoms with Gasteiger partial charge in [0.05, 0.1) is 24.5 Å². The van der Waals surface area contributed by atoms with Crippen molar-refractivity contribution in [3.63, 3.8) is 0 Å². The number of ether oxygens (including phenoxy) is 1. The second kappa shape index (κ2) is 8.44. The molecule has 0 saturated carbocycles. The Kier molecular flexibility index (Phi) is 5.71. The summed E-state index contributed by atoms with van der Waals surface area (Å²) >= 11 is 0. The Bertz CT molecular complexity index is 1110. The highest BCUT2D eigenvalue weighted by atomic mass is 16.5. The Morgan fingerprint density at radius 2 is 1.77 bits per heavy atom. The predicted molar refractivity (Wildman–Crippen MR) is 120 cm³/mol. The summed E-state index contributed by atoms with van der Waals surface area (Å²) in [6, 6.07) is 10.5. The van der Waals surface area contributed by atoms with Gasteiger partial charge in [-0.05, 0) is 41.8 Å². The largest absolute Gasteiger partial charge is 0.507 e. The minimum absolute atomic E-state index is 0.0672. The molecule has 1 atom stereocenters. The molecule has 3 aromatic rings. The number of anilines is 2. The van der Waals surface area contributed by atoms with Crippen LogP contribution >= 0.6 is 0 Å². The van der Waals surface area contributed by atoms with Crippen LogP contribution < -0.4 is 22.1 Å². The molecule has 0 aliphatic carbocycles. The van der Waals surface area contributed by atoms with E-state index in [1.807, 2.05) is 38.1 Å². The monoisotopic (exact) mass is 424 g/mol. The van der Waals surface area contributed by atoms with Crippen LogP contribution in [-0.4, -0.2) is 46.2 Å². The zero-order valence-electron chi connectivity index (χ0n) is 17.7. The summed E-state index contributed by atoms with van der Waals surface area (Å²) in [4.78, 5) is 14.8. The Morgan fingerprint density at radius 3 is 2.42 bits per heavy atom. The van der Waals surface area contributed by atoms with E-state index in [4.69, 9.17) is 16.2 Å². The molecule has 2 heterocycles. The number of hydrogen-bond acceptors (Lipinski definition) is 7. The molecule has 0 spiro atoms. The lowest BCUT2D eigenvalue weighted by molar-refractivity contribution is 0.122. The van der Waals surface area contributed by atoms with Gasteiger partial charge < -0.3 is 26.2 Å². The molecule has 9 heteroatoms. The van der Waals surface area contributed by atoms with E-state index in [2.05, 4.69) is 15.1 Å². The third-order valence-electron chi connectivity index (χ3n) is 5.68. The molecule has 6 N–H and O–H groups in total. The SMILES string of the molecule is CC(C)C(N)c1cc(-c2n[nH]c(=O)n2-c2ccc(N3CCOCC3)cc2)c(O)cc1N. The second-order valence-corrected chi connectivity index (χ2v) is 8.07. The van der Waals surface area contributed by atoms with Gasteiger partial charge in [-0.15, -0.1) is 0 Å². The van der Waals surface area contributed by atoms with Crippen LogP contribution in [0.25, 0.3) is 17.1 Å². The number of nitrogen functional groups attached to an aromatic ring is 1. The van der Waals surface area contributed by atoms with Crippen LogP contribution in [0, 0.1) is 5.92 Å². The number of nitrogens with two attached hydrogens (primary N) is 2. The molecule has 1 aromatic heterocycles. The lowest BCUT2D eigenvalue weighted by Gasteiger charge is -2.28. The van der Waals surface area contributed by atoms with Gasteiger partial charge in [0, 0.05) is 36.6 Å². The van der Waals surface area contributed by atoms with Gasteiger partial charge in [-0.1, -0.05) is 13.8 Å². The minimum Gasteiger partial charge on any atom is -0.507 e. The van der Waals surface area contributed by atoms with Crippen molar-refractivity contribution >= 4 is 11.4 Å². The summed E-state index contributed by atoms with van der Waals surface area (Å²) < 4.78 is 6.83. The predicted octanol–water partition coefficient (Wildman–Crippen LogP) is 2.01. The van der Waals surface area contributed by atoms with Crippen molar-refractivity contribution in [3.8, 4) is 22.8 Å². The molecule has 1 aliphatic rings. The molecule has 2 aromatic carbocycles. The Balaban J connectivity index is 1.75. The van der Waals surface area contributed by atoms with E-state index in [9.17, 15) is 9.90 Å². The number of phenols is 1. The Labute approximate surface area is 180 Å². The van der Waals surface area contributed by atoms with Crippen molar-refractivity contribution < 1.29 is 9.84 Å². The fraction of sp³-hybridized carbons (Fsp3) is 0.364. The molecule has 1 aliphatic heterocycles. The lowest BCUT2D eigenvalue weighted by Crippen LogP contribution is -2.36. The number of nitrogens with zero attached hydrogens (tertiary/aromatic N) is 3. The normalized spacial score (nSPS) is 15.4. The first-order valence-electron chi connectivity index (χ1n) is 10.4. The van der Waals surface area contributed by atoms with Crippen LogP contribution in [0.1, 0.15) is 25.5 Å². The highest BCUT2D eigenvalue weighted by molar-refractivity contribution is 5.72. The molecule has 164 valence electrons. The van der Waals surface area contributed by atoms with Crippen LogP contribution in [0.15, 0.2) is 41.2 Å². The summed E-state index contributed by atoms with van der Waals surface area (Å²) in [6.07, 6.45) is 0. The van der Waals surface area contributed by atoms with Gasteiger partial charge in [-0.25, -0.2) is 14.5 Å². The molecule has 4 rings (SSSR count). The summed E-state index contributed by atoms with van der Waals surface area (Å²) in [7, 11) is 0. The molecule has 0 radical (unpaired) electrons. The van der Waals surface area contributed by atoms with Crippen molar-refractivity contribution in [1.29, 1.82) is 0 Å². The first kappa shape index (κ1) is 21.0. The van der Waals surface area contributed by atoms with E-state index in [0.29, 0.717) is 41.5 Å². The Morgan fingerprint density at radius 1 is 1.13 bits per heavy atom.